The molecule has 0 saturated carbocycles. The standard InChI is InChI=1S/C12H18N2O/c1-10-4-3-5-11-12(10)14(7-6-13-11)8-9-15-2/h3-5,13H,6-9H2,1-2H3. The first-order valence-corrected chi connectivity index (χ1v) is 5.40. The second-order valence-electron chi connectivity index (χ2n) is 3.88. The fraction of sp³-hybridized carbons (Fsp3) is 0.500. The van der Waals surface area contributed by atoms with Gasteiger partial charge in [-0.25, -0.2) is 0 Å². The molecule has 0 aliphatic carbocycles. The highest BCUT2D eigenvalue weighted by Crippen LogP contribution is 2.31. The number of hydrogen-bond donors (Lipinski definition) is 1. The van der Waals surface area contributed by atoms with E-state index in [9.17, 15) is 0 Å². The van der Waals surface area contributed by atoms with Crippen LogP contribution in [-0.2, 0) is 4.74 Å². The maximum atomic E-state index is 5.14. The molecule has 1 aliphatic rings. The van der Waals surface area contributed by atoms with Crippen LogP contribution in [0, 0.1) is 6.92 Å². The molecule has 0 amide bonds. The summed E-state index contributed by atoms with van der Waals surface area (Å²) in [6.07, 6.45) is 0. The summed E-state index contributed by atoms with van der Waals surface area (Å²) in [7, 11) is 1.75. The van der Waals surface area contributed by atoms with E-state index < -0.39 is 0 Å². The number of benzene rings is 1. The highest BCUT2D eigenvalue weighted by Gasteiger charge is 2.17. The minimum atomic E-state index is 0.785. The molecule has 0 spiro atoms. The molecular weight excluding hydrogens is 188 g/mol. The number of fused-ring (bicyclic) bond motifs is 1. The second-order valence-corrected chi connectivity index (χ2v) is 3.88. The third kappa shape index (κ3) is 2.07. The van der Waals surface area contributed by atoms with Gasteiger partial charge in [-0.3, -0.25) is 0 Å². The van der Waals surface area contributed by atoms with Crippen molar-refractivity contribution in [2.75, 3.05) is 43.6 Å². The van der Waals surface area contributed by atoms with Gasteiger partial charge in [-0.1, -0.05) is 12.1 Å². The predicted octanol–water partition coefficient (Wildman–Crippen LogP) is 1.87. The van der Waals surface area contributed by atoms with Gasteiger partial charge in [0.1, 0.15) is 0 Å². The van der Waals surface area contributed by atoms with Crippen LogP contribution in [0.3, 0.4) is 0 Å². The molecule has 0 fully saturated rings. The van der Waals surface area contributed by atoms with Crippen LogP contribution in [0.4, 0.5) is 11.4 Å². The molecule has 0 aromatic heterocycles. The molecule has 0 saturated heterocycles. The monoisotopic (exact) mass is 206 g/mol. The largest absolute Gasteiger partial charge is 0.383 e. The predicted molar refractivity (Wildman–Crippen MR) is 63.8 cm³/mol. The van der Waals surface area contributed by atoms with Crippen molar-refractivity contribution in [3.05, 3.63) is 23.8 Å². The normalized spacial score (nSPS) is 14.7. The lowest BCUT2D eigenvalue weighted by Crippen LogP contribution is -2.36. The van der Waals surface area contributed by atoms with Crippen LogP contribution in [0.25, 0.3) is 0 Å². The lowest BCUT2D eigenvalue weighted by molar-refractivity contribution is 0.205. The van der Waals surface area contributed by atoms with Gasteiger partial charge >= 0.3 is 0 Å². The summed E-state index contributed by atoms with van der Waals surface area (Å²) in [6, 6.07) is 6.40. The Morgan fingerprint density at radius 1 is 1.47 bits per heavy atom. The zero-order valence-electron chi connectivity index (χ0n) is 9.42. The Balaban J connectivity index is 2.24. The summed E-state index contributed by atoms with van der Waals surface area (Å²) >= 11 is 0. The van der Waals surface area contributed by atoms with Crippen molar-refractivity contribution in [2.45, 2.75) is 6.92 Å². The maximum Gasteiger partial charge on any atom is 0.0637 e. The van der Waals surface area contributed by atoms with Crippen molar-refractivity contribution < 1.29 is 4.74 Å². The molecule has 0 unspecified atom stereocenters. The molecule has 3 heteroatoms. The van der Waals surface area contributed by atoms with Gasteiger partial charge in [-0.15, -0.1) is 0 Å². The van der Waals surface area contributed by atoms with Crippen LogP contribution in [-0.4, -0.2) is 33.4 Å². The molecule has 1 heterocycles. The number of nitrogens with zero attached hydrogens (tertiary/aromatic N) is 1. The fourth-order valence-electron chi connectivity index (χ4n) is 2.08. The molecule has 0 bridgehead atoms. The lowest BCUT2D eigenvalue weighted by Gasteiger charge is -2.33. The molecule has 1 aromatic carbocycles. The van der Waals surface area contributed by atoms with Gasteiger partial charge in [0.2, 0.25) is 0 Å². The Bertz CT molecular complexity index is 338. The molecule has 0 radical (unpaired) electrons. The molecular formula is C12H18N2O. The van der Waals surface area contributed by atoms with E-state index >= 15 is 0 Å². The molecule has 82 valence electrons. The third-order valence-corrected chi connectivity index (χ3v) is 2.82. The van der Waals surface area contributed by atoms with Crippen LogP contribution in [0.1, 0.15) is 5.56 Å². The zero-order valence-corrected chi connectivity index (χ0v) is 9.42. The third-order valence-electron chi connectivity index (χ3n) is 2.82. The molecule has 3 nitrogen and oxygen atoms in total. The van der Waals surface area contributed by atoms with Gasteiger partial charge in [0, 0.05) is 26.7 Å². The van der Waals surface area contributed by atoms with E-state index in [-0.39, 0.29) is 0 Å². The first kappa shape index (κ1) is 10.3. The first-order valence-electron chi connectivity index (χ1n) is 5.40. The van der Waals surface area contributed by atoms with Crippen LogP contribution in [0.15, 0.2) is 18.2 Å². The fourth-order valence-corrected chi connectivity index (χ4v) is 2.08. The van der Waals surface area contributed by atoms with Gasteiger partial charge in [-0.05, 0) is 18.6 Å². The molecule has 15 heavy (non-hydrogen) atoms. The van der Waals surface area contributed by atoms with Crippen LogP contribution in [0.5, 0.6) is 0 Å². The van der Waals surface area contributed by atoms with Crippen molar-refractivity contribution >= 4 is 11.4 Å². The van der Waals surface area contributed by atoms with E-state index in [0.29, 0.717) is 0 Å². The van der Waals surface area contributed by atoms with E-state index in [2.05, 4.69) is 35.3 Å². The number of nitrogens with one attached hydrogen (secondary N) is 1. The van der Waals surface area contributed by atoms with E-state index in [1.165, 1.54) is 16.9 Å². The Morgan fingerprint density at radius 3 is 3.13 bits per heavy atom. The number of para-hydroxylation sites is 1. The Morgan fingerprint density at radius 2 is 2.33 bits per heavy atom. The topological polar surface area (TPSA) is 24.5 Å². The number of ether oxygens (including phenoxy) is 1. The number of anilines is 2. The molecule has 0 atom stereocenters. The number of hydrogen-bond acceptors (Lipinski definition) is 3. The SMILES string of the molecule is COCCN1CCNc2cccc(C)c21. The van der Waals surface area contributed by atoms with Gasteiger partial charge in [-0.2, -0.15) is 0 Å². The van der Waals surface area contributed by atoms with Crippen molar-refractivity contribution in [3.8, 4) is 0 Å². The average Bonchev–Trinajstić information content (AvgIpc) is 2.26. The zero-order chi connectivity index (χ0) is 10.7. The molecule has 1 N–H and O–H groups in total. The number of aryl methyl sites for hydroxylation is 1. The van der Waals surface area contributed by atoms with E-state index in [4.69, 9.17) is 4.74 Å². The molecule has 1 aromatic rings. The Kier molecular flexibility index (Phi) is 3.11. The summed E-state index contributed by atoms with van der Waals surface area (Å²) in [6.45, 7) is 5.98. The van der Waals surface area contributed by atoms with Crippen molar-refractivity contribution in [3.63, 3.8) is 0 Å². The van der Waals surface area contributed by atoms with E-state index in [1.807, 2.05) is 0 Å². The van der Waals surface area contributed by atoms with Crippen LogP contribution >= 0.6 is 0 Å². The first-order chi connectivity index (χ1) is 7.33. The summed E-state index contributed by atoms with van der Waals surface area (Å²) in [5.74, 6) is 0. The van der Waals surface area contributed by atoms with Crippen molar-refractivity contribution in [1.82, 2.24) is 0 Å². The Hall–Kier alpha value is -1.22. The highest BCUT2D eigenvalue weighted by molar-refractivity contribution is 5.75. The van der Waals surface area contributed by atoms with Crippen LogP contribution < -0.4 is 10.2 Å². The second kappa shape index (κ2) is 4.53. The van der Waals surface area contributed by atoms with E-state index in [1.54, 1.807) is 7.11 Å². The minimum Gasteiger partial charge on any atom is -0.383 e. The summed E-state index contributed by atoms with van der Waals surface area (Å²) in [5, 5.41) is 3.43. The number of methoxy groups -OCH3 is 1. The smallest absolute Gasteiger partial charge is 0.0637 e. The van der Waals surface area contributed by atoms with E-state index in [0.717, 1.165) is 26.2 Å². The number of rotatable bonds is 3. The molecule has 1 aliphatic heterocycles. The lowest BCUT2D eigenvalue weighted by atomic mass is 10.1. The minimum absolute atomic E-state index is 0.785. The van der Waals surface area contributed by atoms with Crippen molar-refractivity contribution in [2.24, 2.45) is 0 Å². The van der Waals surface area contributed by atoms with Crippen LogP contribution in [0.2, 0.25) is 0 Å². The summed E-state index contributed by atoms with van der Waals surface area (Å²) in [4.78, 5) is 2.39. The van der Waals surface area contributed by atoms with Gasteiger partial charge < -0.3 is 15.0 Å². The molecule has 2 rings (SSSR count). The average molecular weight is 206 g/mol. The quantitative estimate of drug-likeness (QED) is 0.817. The summed E-state index contributed by atoms with van der Waals surface area (Å²) < 4.78 is 5.14. The Labute approximate surface area is 91.0 Å². The van der Waals surface area contributed by atoms with Crippen molar-refractivity contribution in [1.29, 1.82) is 0 Å². The van der Waals surface area contributed by atoms with Gasteiger partial charge in [0.25, 0.3) is 0 Å². The van der Waals surface area contributed by atoms with Gasteiger partial charge in [0.15, 0.2) is 0 Å². The highest BCUT2D eigenvalue weighted by atomic mass is 16.5. The maximum absolute atomic E-state index is 5.14. The summed E-state index contributed by atoms with van der Waals surface area (Å²) in [5.41, 5.74) is 3.91. The van der Waals surface area contributed by atoms with Gasteiger partial charge in [0.05, 0.1) is 18.0 Å².